The summed E-state index contributed by atoms with van der Waals surface area (Å²) >= 11 is 5.04. The van der Waals surface area contributed by atoms with Gasteiger partial charge >= 0.3 is 0 Å². The van der Waals surface area contributed by atoms with Crippen LogP contribution in [-0.2, 0) is 4.79 Å². The molecular weight excluding hydrogens is 298 g/mol. The maximum absolute atomic E-state index is 11.7. The van der Waals surface area contributed by atoms with Crippen molar-refractivity contribution in [2.45, 2.75) is 6.92 Å². The molecule has 0 fully saturated rings. The van der Waals surface area contributed by atoms with Crippen LogP contribution in [0.1, 0.15) is 17.1 Å². The first kappa shape index (κ1) is 15.5. The van der Waals surface area contributed by atoms with Gasteiger partial charge in [-0.15, -0.1) is 0 Å². The fraction of sp³-hybridized carbons (Fsp3) is 0.0625. The van der Waals surface area contributed by atoms with Crippen molar-refractivity contribution in [1.29, 1.82) is 5.26 Å². The van der Waals surface area contributed by atoms with Crippen molar-refractivity contribution in [1.82, 2.24) is 5.32 Å². The number of hydrogen-bond acceptors (Lipinski definition) is 4. The minimum absolute atomic E-state index is 0.153. The number of amides is 1. The van der Waals surface area contributed by atoms with Gasteiger partial charge in [0.1, 0.15) is 11.5 Å². The Morgan fingerprint density at radius 1 is 1.36 bits per heavy atom. The number of rotatable bonds is 3. The molecule has 0 bridgehead atoms. The van der Waals surface area contributed by atoms with Gasteiger partial charge in [0.05, 0.1) is 11.6 Å². The summed E-state index contributed by atoms with van der Waals surface area (Å²) in [6, 6.07) is 12.4. The van der Waals surface area contributed by atoms with E-state index in [1.165, 1.54) is 6.08 Å². The number of thiocarbonyl (C=S) groups is 1. The number of nitriles is 1. The number of anilines is 1. The first-order valence-electron chi connectivity index (χ1n) is 6.43. The van der Waals surface area contributed by atoms with Crippen LogP contribution in [0.4, 0.5) is 5.69 Å². The molecule has 2 rings (SSSR count). The number of nitrogens with one attached hydrogen (secondary N) is 2. The second-order valence-corrected chi connectivity index (χ2v) is 4.83. The predicted octanol–water partition coefficient (Wildman–Crippen LogP) is 2.99. The Balaban J connectivity index is 1.90. The molecule has 5 nitrogen and oxygen atoms in total. The molecule has 0 radical (unpaired) electrons. The normalized spacial score (nSPS) is 10.2. The average molecular weight is 311 g/mol. The molecular formula is C16H13N3O2S. The number of hydrogen-bond donors (Lipinski definition) is 2. The quantitative estimate of drug-likeness (QED) is 0.673. The van der Waals surface area contributed by atoms with Crippen LogP contribution in [0.5, 0.6) is 0 Å². The fourth-order valence-electron chi connectivity index (χ4n) is 1.68. The Hall–Kier alpha value is -2.91. The molecule has 22 heavy (non-hydrogen) atoms. The molecule has 110 valence electrons. The van der Waals surface area contributed by atoms with Crippen LogP contribution in [0, 0.1) is 18.3 Å². The van der Waals surface area contributed by atoms with E-state index in [0.717, 1.165) is 5.76 Å². The smallest absolute Gasteiger partial charge is 0.250 e. The second-order valence-electron chi connectivity index (χ2n) is 4.42. The molecule has 6 heteroatoms. The minimum atomic E-state index is -0.372. The van der Waals surface area contributed by atoms with Crippen molar-refractivity contribution in [3.05, 3.63) is 59.6 Å². The predicted molar refractivity (Wildman–Crippen MR) is 88.0 cm³/mol. The lowest BCUT2D eigenvalue weighted by molar-refractivity contribution is -0.115. The SMILES string of the molecule is Cc1ccc(C=CC(=O)NC(=S)Nc2cccc(C#N)c2)o1. The van der Waals surface area contributed by atoms with Gasteiger partial charge in [-0.25, -0.2) is 0 Å². The Bertz CT molecular complexity index is 772. The Morgan fingerprint density at radius 3 is 2.86 bits per heavy atom. The van der Waals surface area contributed by atoms with Gasteiger partial charge in [0.25, 0.3) is 0 Å². The zero-order valence-corrected chi connectivity index (χ0v) is 12.6. The van der Waals surface area contributed by atoms with Crippen LogP contribution in [0.3, 0.4) is 0 Å². The summed E-state index contributed by atoms with van der Waals surface area (Å²) in [6.45, 7) is 1.83. The van der Waals surface area contributed by atoms with E-state index in [4.69, 9.17) is 21.9 Å². The van der Waals surface area contributed by atoms with Gasteiger partial charge in [0, 0.05) is 11.8 Å². The molecule has 0 spiro atoms. The molecule has 2 N–H and O–H groups in total. The van der Waals surface area contributed by atoms with Crippen molar-refractivity contribution in [2.24, 2.45) is 0 Å². The van der Waals surface area contributed by atoms with Crippen LogP contribution < -0.4 is 10.6 Å². The van der Waals surface area contributed by atoms with Crippen molar-refractivity contribution >= 4 is 35.0 Å². The third kappa shape index (κ3) is 4.58. The number of carbonyl (C=O) groups is 1. The lowest BCUT2D eigenvalue weighted by atomic mass is 10.2. The van der Waals surface area contributed by atoms with Gasteiger partial charge in [-0.1, -0.05) is 6.07 Å². The van der Waals surface area contributed by atoms with Crippen molar-refractivity contribution in [2.75, 3.05) is 5.32 Å². The van der Waals surface area contributed by atoms with Gasteiger partial charge in [-0.3, -0.25) is 10.1 Å². The summed E-state index contributed by atoms with van der Waals surface area (Å²) in [4.78, 5) is 11.7. The average Bonchev–Trinajstić information content (AvgIpc) is 2.91. The summed E-state index contributed by atoms with van der Waals surface area (Å²) in [5, 5.41) is 14.3. The van der Waals surface area contributed by atoms with E-state index in [9.17, 15) is 4.79 Å². The zero-order chi connectivity index (χ0) is 15.9. The molecule has 0 saturated heterocycles. The molecule has 0 aliphatic heterocycles. The molecule has 2 aromatic rings. The van der Waals surface area contributed by atoms with Crippen LogP contribution in [0.25, 0.3) is 6.08 Å². The third-order valence-electron chi connectivity index (χ3n) is 2.65. The van der Waals surface area contributed by atoms with Gasteiger partial charge < -0.3 is 9.73 Å². The maximum atomic E-state index is 11.7. The van der Waals surface area contributed by atoms with Crippen molar-refractivity contribution in [3.8, 4) is 6.07 Å². The number of benzene rings is 1. The summed E-state index contributed by atoms with van der Waals surface area (Å²) < 4.78 is 5.31. The molecule has 0 atom stereocenters. The van der Waals surface area contributed by atoms with Crippen molar-refractivity contribution < 1.29 is 9.21 Å². The Labute approximate surface area is 133 Å². The maximum Gasteiger partial charge on any atom is 0.250 e. The Kier molecular flexibility index (Phi) is 5.07. The van der Waals surface area contributed by atoms with Gasteiger partial charge in [0.2, 0.25) is 5.91 Å². The van der Waals surface area contributed by atoms with Crippen LogP contribution in [0.2, 0.25) is 0 Å². The van der Waals surface area contributed by atoms with Gasteiger partial charge in [-0.2, -0.15) is 5.26 Å². The molecule has 0 aliphatic rings. The monoisotopic (exact) mass is 311 g/mol. The second kappa shape index (κ2) is 7.20. The van der Waals surface area contributed by atoms with E-state index in [1.54, 1.807) is 36.4 Å². The highest BCUT2D eigenvalue weighted by atomic mass is 32.1. The van der Waals surface area contributed by atoms with E-state index < -0.39 is 0 Å². The topological polar surface area (TPSA) is 78.1 Å². The first-order chi connectivity index (χ1) is 10.6. The van der Waals surface area contributed by atoms with Gasteiger partial charge in [-0.05, 0) is 55.5 Å². The minimum Gasteiger partial charge on any atom is -0.462 e. The molecule has 0 saturated carbocycles. The number of furan rings is 1. The first-order valence-corrected chi connectivity index (χ1v) is 6.84. The summed E-state index contributed by atoms with van der Waals surface area (Å²) in [5.74, 6) is 0.992. The van der Waals surface area contributed by atoms with Crippen LogP contribution in [-0.4, -0.2) is 11.0 Å². The highest BCUT2D eigenvalue weighted by Crippen LogP contribution is 2.10. The van der Waals surface area contributed by atoms with Crippen molar-refractivity contribution in [3.63, 3.8) is 0 Å². The molecule has 1 amide bonds. The fourth-order valence-corrected chi connectivity index (χ4v) is 1.90. The molecule has 1 heterocycles. The summed E-state index contributed by atoms with van der Waals surface area (Å²) in [6.07, 6.45) is 2.89. The summed E-state index contributed by atoms with van der Waals surface area (Å²) in [5.41, 5.74) is 1.14. The third-order valence-corrected chi connectivity index (χ3v) is 2.85. The molecule has 0 aliphatic carbocycles. The van der Waals surface area contributed by atoms with E-state index >= 15 is 0 Å². The number of carbonyl (C=O) groups excluding carboxylic acids is 1. The lowest BCUT2D eigenvalue weighted by Gasteiger charge is -2.07. The largest absolute Gasteiger partial charge is 0.462 e. The molecule has 0 unspecified atom stereocenters. The Morgan fingerprint density at radius 2 is 2.18 bits per heavy atom. The van der Waals surface area contributed by atoms with E-state index in [-0.39, 0.29) is 11.0 Å². The van der Waals surface area contributed by atoms with E-state index in [2.05, 4.69) is 10.6 Å². The zero-order valence-electron chi connectivity index (χ0n) is 11.8. The highest BCUT2D eigenvalue weighted by molar-refractivity contribution is 7.80. The summed E-state index contributed by atoms with van der Waals surface area (Å²) in [7, 11) is 0. The van der Waals surface area contributed by atoms with E-state index in [1.807, 2.05) is 19.1 Å². The lowest BCUT2D eigenvalue weighted by Crippen LogP contribution is -2.32. The van der Waals surface area contributed by atoms with Crippen LogP contribution >= 0.6 is 12.2 Å². The number of nitrogens with zero attached hydrogens (tertiary/aromatic N) is 1. The van der Waals surface area contributed by atoms with Crippen LogP contribution in [0.15, 0.2) is 46.9 Å². The number of aryl methyl sites for hydroxylation is 1. The molecule has 1 aromatic carbocycles. The van der Waals surface area contributed by atoms with E-state index in [0.29, 0.717) is 17.0 Å². The molecule has 1 aromatic heterocycles. The van der Waals surface area contributed by atoms with Gasteiger partial charge in [0.15, 0.2) is 5.11 Å². The standard InChI is InChI=1S/C16H13N3O2S/c1-11-5-6-14(21-11)7-8-15(20)19-16(22)18-13-4-2-3-12(9-13)10-17/h2-9H,1H3,(H2,18,19,20,22). The highest BCUT2D eigenvalue weighted by Gasteiger charge is 2.03.